The summed E-state index contributed by atoms with van der Waals surface area (Å²) in [5, 5.41) is 23.9. The number of ketones is 1. The van der Waals surface area contributed by atoms with Gasteiger partial charge in [0.15, 0.2) is 5.60 Å². The van der Waals surface area contributed by atoms with Crippen LogP contribution in [0.4, 0.5) is 0 Å². The SMILES string of the molecule is CC#CCOc1ccc(C[C@H](NC(=O)[C@@H](/C=C/CCCCCCC(=O)CCCCCCC)[C@@](O)(CC#N)C(=O)OC(C)(C)C)C(=O)OC)cc1. The number of esters is 2. The molecule has 3 atom stereocenters. The molecule has 0 bridgehead atoms. The predicted molar refractivity (Wildman–Crippen MR) is 193 cm³/mol. The highest BCUT2D eigenvalue weighted by molar-refractivity contribution is 5.93. The lowest BCUT2D eigenvalue weighted by Gasteiger charge is -2.33. The number of amides is 1. The molecule has 10 nitrogen and oxygen atoms in total. The number of carbonyl (C=O) groups excluding carboxylic acids is 4. The number of nitrogens with zero attached hydrogens (tertiary/aromatic N) is 1. The van der Waals surface area contributed by atoms with Gasteiger partial charge >= 0.3 is 11.9 Å². The molecule has 0 aromatic heterocycles. The topological polar surface area (TPSA) is 152 Å². The summed E-state index contributed by atoms with van der Waals surface area (Å²) in [6.07, 6.45) is 13.1. The Kier molecular flexibility index (Phi) is 21.1. The number of Topliss-reactive ketones (excluding diaryl/α,β-unsaturated/α-hetero) is 1. The zero-order chi connectivity index (χ0) is 37.4. The van der Waals surface area contributed by atoms with Gasteiger partial charge in [-0.05, 0) is 71.1 Å². The molecule has 0 heterocycles. The zero-order valence-corrected chi connectivity index (χ0v) is 31.0. The summed E-state index contributed by atoms with van der Waals surface area (Å²) >= 11 is 0. The van der Waals surface area contributed by atoms with E-state index in [1.54, 1.807) is 58.0 Å². The third-order valence-corrected chi connectivity index (χ3v) is 8.02. The van der Waals surface area contributed by atoms with Crippen molar-refractivity contribution in [1.82, 2.24) is 5.32 Å². The molecule has 0 fully saturated rings. The smallest absolute Gasteiger partial charge is 0.340 e. The molecule has 50 heavy (non-hydrogen) atoms. The van der Waals surface area contributed by atoms with Crippen LogP contribution in [-0.2, 0) is 35.1 Å². The third kappa shape index (κ3) is 17.5. The Morgan fingerprint density at radius 3 is 2.14 bits per heavy atom. The number of benzene rings is 1. The summed E-state index contributed by atoms with van der Waals surface area (Å²) in [6.45, 7) is 8.96. The van der Waals surface area contributed by atoms with Crippen molar-refractivity contribution >= 4 is 23.6 Å². The van der Waals surface area contributed by atoms with Crippen molar-refractivity contribution in [2.45, 2.75) is 142 Å². The molecule has 1 aromatic rings. The van der Waals surface area contributed by atoms with Gasteiger partial charge in [0.25, 0.3) is 0 Å². The Balaban J connectivity index is 3.04. The lowest BCUT2D eigenvalue weighted by Crippen LogP contribution is -2.56. The number of allylic oxidation sites excluding steroid dienone is 1. The largest absolute Gasteiger partial charge is 0.481 e. The first-order valence-corrected chi connectivity index (χ1v) is 17.8. The van der Waals surface area contributed by atoms with E-state index in [0.717, 1.165) is 38.5 Å². The summed E-state index contributed by atoms with van der Waals surface area (Å²) in [5.41, 5.74) is -2.84. The van der Waals surface area contributed by atoms with Gasteiger partial charge in [-0.2, -0.15) is 5.26 Å². The number of unbranched alkanes of at least 4 members (excludes halogenated alkanes) is 8. The van der Waals surface area contributed by atoms with Gasteiger partial charge in [-0.25, -0.2) is 9.59 Å². The third-order valence-electron chi connectivity index (χ3n) is 8.02. The molecule has 0 unspecified atom stereocenters. The Morgan fingerprint density at radius 1 is 0.960 bits per heavy atom. The Bertz CT molecular complexity index is 1330. The van der Waals surface area contributed by atoms with Gasteiger partial charge in [0, 0.05) is 19.3 Å². The predicted octanol–water partition coefficient (Wildman–Crippen LogP) is 6.72. The number of hydrogen-bond acceptors (Lipinski definition) is 9. The van der Waals surface area contributed by atoms with Crippen LogP contribution in [-0.4, -0.2) is 59.7 Å². The number of rotatable bonds is 24. The number of ether oxygens (including phenoxy) is 3. The summed E-state index contributed by atoms with van der Waals surface area (Å²) in [7, 11) is 1.20. The van der Waals surface area contributed by atoms with E-state index in [-0.39, 0.29) is 13.0 Å². The van der Waals surface area contributed by atoms with E-state index in [9.17, 15) is 29.5 Å². The minimum Gasteiger partial charge on any atom is -0.481 e. The normalized spacial score (nSPS) is 13.6. The fraction of sp³-hybridized carbons (Fsp3) is 0.625. The van der Waals surface area contributed by atoms with Crippen LogP contribution in [0.15, 0.2) is 36.4 Å². The van der Waals surface area contributed by atoms with Gasteiger partial charge < -0.3 is 24.6 Å². The molecule has 0 saturated carbocycles. The maximum Gasteiger partial charge on any atom is 0.340 e. The summed E-state index contributed by atoms with van der Waals surface area (Å²) in [4.78, 5) is 52.1. The maximum absolute atomic E-state index is 13.8. The van der Waals surface area contributed by atoms with Crippen molar-refractivity contribution in [3.63, 3.8) is 0 Å². The Morgan fingerprint density at radius 2 is 1.58 bits per heavy atom. The monoisotopic (exact) mass is 694 g/mol. The lowest BCUT2D eigenvalue weighted by atomic mass is 9.83. The molecule has 276 valence electrons. The first-order valence-electron chi connectivity index (χ1n) is 17.8. The molecule has 0 aliphatic rings. The molecule has 0 spiro atoms. The molecule has 0 aliphatic carbocycles. The molecule has 10 heteroatoms. The molecular weight excluding hydrogens is 636 g/mol. The fourth-order valence-electron chi connectivity index (χ4n) is 5.23. The second-order valence-corrected chi connectivity index (χ2v) is 13.5. The van der Waals surface area contributed by atoms with Crippen molar-refractivity contribution in [2.24, 2.45) is 5.92 Å². The number of aliphatic hydroxyl groups is 1. The average Bonchev–Trinajstić information content (AvgIpc) is 3.06. The summed E-state index contributed by atoms with van der Waals surface area (Å²) in [5.74, 6) is 2.22. The highest BCUT2D eigenvalue weighted by atomic mass is 16.6. The Labute approximate surface area is 299 Å². The maximum atomic E-state index is 13.8. The molecule has 0 radical (unpaired) electrons. The van der Waals surface area contributed by atoms with E-state index >= 15 is 0 Å². The van der Waals surface area contributed by atoms with Crippen LogP contribution in [0.1, 0.15) is 124 Å². The highest BCUT2D eigenvalue weighted by Gasteiger charge is 2.49. The van der Waals surface area contributed by atoms with Crippen LogP contribution in [0.2, 0.25) is 0 Å². The van der Waals surface area contributed by atoms with Crippen LogP contribution in [0.25, 0.3) is 0 Å². The van der Waals surface area contributed by atoms with Gasteiger partial charge in [-0.1, -0.05) is 75.7 Å². The quantitative estimate of drug-likeness (QED) is 0.0520. The van der Waals surface area contributed by atoms with Crippen molar-refractivity contribution in [3.05, 3.63) is 42.0 Å². The fourth-order valence-corrected chi connectivity index (χ4v) is 5.23. The minimum atomic E-state index is -2.53. The molecule has 0 aliphatic heterocycles. The molecule has 2 N–H and O–H groups in total. The first kappa shape index (κ1) is 43.9. The highest BCUT2D eigenvalue weighted by Crippen LogP contribution is 2.28. The molecular formula is C40H58N2O8. The van der Waals surface area contributed by atoms with E-state index in [1.807, 2.05) is 6.07 Å². The lowest BCUT2D eigenvalue weighted by molar-refractivity contribution is -0.182. The molecule has 1 aromatic carbocycles. The van der Waals surface area contributed by atoms with Crippen LogP contribution < -0.4 is 10.1 Å². The van der Waals surface area contributed by atoms with E-state index in [1.165, 1.54) is 32.4 Å². The van der Waals surface area contributed by atoms with E-state index < -0.39 is 47.4 Å². The number of methoxy groups -OCH3 is 1. The van der Waals surface area contributed by atoms with Gasteiger partial charge in [-0.3, -0.25) is 9.59 Å². The Hall–Kier alpha value is -4.15. The summed E-state index contributed by atoms with van der Waals surface area (Å²) < 4.78 is 15.9. The van der Waals surface area contributed by atoms with Crippen LogP contribution in [0.5, 0.6) is 5.75 Å². The van der Waals surface area contributed by atoms with Crippen molar-refractivity contribution < 1.29 is 38.5 Å². The molecule has 1 rings (SSSR count). The van der Waals surface area contributed by atoms with E-state index in [2.05, 4.69) is 24.1 Å². The van der Waals surface area contributed by atoms with E-state index in [0.29, 0.717) is 36.4 Å². The second kappa shape index (κ2) is 24.1. The van der Waals surface area contributed by atoms with Gasteiger partial charge in [0.05, 0.1) is 25.5 Å². The van der Waals surface area contributed by atoms with Gasteiger partial charge in [0.1, 0.15) is 29.8 Å². The molecule has 1 amide bonds. The average molecular weight is 695 g/mol. The van der Waals surface area contributed by atoms with E-state index in [4.69, 9.17) is 14.2 Å². The first-order chi connectivity index (χ1) is 23.8. The van der Waals surface area contributed by atoms with Crippen LogP contribution in [0, 0.1) is 29.1 Å². The number of nitriles is 1. The summed E-state index contributed by atoms with van der Waals surface area (Å²) in [6, 6.07) is 7.57. The van der Waals surface area contributed by atoms with Crippen molar-refractivity contribution in [1.29, 1.82) is 5.26 Å². The van der Waals surface area contributed by atoms with Crippen molar-refractivity contribution in [3.8, 4) is 23.7 Å². The number of hydrogen-bond donors (Lipinski definition) is 2. The minimum absolute atomic E-state index is 0.0500. The van der Waals surface area contributed by atoms with Crippen LogP contribution in [0.3, 0.4) is 0 Å². The number of carbonyl (C=O) groups is 4. The zero-order valence-electron chi connectivity index (χ0n) is 31.0. The molecule has 0 saturated heterocycles. The standard InChI is InChI=1S/C40H58N2O8/c1-7-9-11-14-17-20-32(43)21-18-15-12-13-16-19-22-34(40(47,27-28-41)38(46)50-39(3,4)5)36(44)42-35(37(45)48-6)30-31-23-25-33(26-24-31)49-29-10-8-2/h19,22-26,34-35,47H,7,9,11-18,20-21,27,29-30H2,1-6H3,(H,42,44)/b22-19+/t34-,35+,40+/m1/s1. The van der Waals surface area contributed by atoms with Crippen molar-refractivity contribution in [2.75, 3.05) is 13.7 Å². The number of nitrogens with one attached hydrogen (secondary N) is 1. The van der Waals surface area contributed by atoms with Gasteiger partial charge in [0.2, 0.25) is 5.91 Å². The van der Waals surface area contributed by atoms with Crippen LogP contribution >= 0.6 is 0 Å². The second-order valence-electron chi connectivity index (χ2n) is 13.5. The van der Waals surface area contributed by atoms with Gasteiger partial charge in [-0.15, -0.1) is 5.92 Å².